The van der Waals surface area contributed by atoms with E-state index in [9.17, 15) is 30.3 Å². The van der Waals surface area contributed by atoms with Gasteiger partial charge in [-0.2, -0.15) is 0 Å². The Hall–Kier alpha value is -2.49. The van der Waals surface area contributed by atoms with Gasteiger partial charge in [-0.05, 0) is 12.1 Å². The smallest absolute Gasteiger partial charge is 0.196 e. The fraction of sp³-hybridized carbons (Fsp3) is 0.409. The van der Waals surface area contributed by atoms with Crippen LogP contribution in [-0.2, 0) is 4.74 Å². The van der Waals surface area contributed by atoms with Gasteiger partial charge in [-0.1, -0.05) is 37.3 Å². The third kappa shape index (κ3) is 4.63. The number of ether oxygens (including phenoxy) is 2. The van der Waals surface area contributed by atoms with Crippen molar-refractivity contribution in [2.45, 2.75) is 37.4 Å². The molecule has 0 amide bonds. The summed E-state index contributed by atoms with van der Waals surface area (Å²) in [6, 6.07) is 12.9. The number of carbonyl (C=O) groups is 1. The first-order chi connectivity index (χ1) is 14.3. The van der Waals surface area contributed by atoms with E-state index in [1.807, 2.05) is 0 Å². The van der Waals surface area contributed by atoms with Gasteiger partial charge in [0, 0.05) is 17.5 Å². The van der Waals surface area contributed by atoms with E-state index in [-0.39, 0.29) is 23.7 Å². The monoisotopic (exact) mass is 418 g/mol. The topological polar surface area (TPSA) is 137 Å². The van der Waals surface area contributed by atoms with Crippen molar-refractivity contribution < 1.29 is 39.8 Å². The Bertz CT molecular complexity index is 853. The van der Waals surface area contributed by atoms with E-state index in [1.54, 1.807) is 43.3 Å². The fourth-order valence-corrected chi connectivity index (χ4v) is 3.46. The molecule has 1 heterocycles. The molecule has 8 nitrogen and oxygen atoms in total. The second kappa shape index (κ2) is 9.55. The van der Waals surface area contributed by atoms with Gasteiger partial charge in [-0.3, -0.25) is 4.79 Å². The molecule has 0 spiro atoms. The van der Waals surface area contributed by atoms with Gasteiger partial charge in [0.25, 0.3) is 0 Å². The zero-order valence-electron chi connectivity index (χ0n) is 16.5. The van der Waals surface area contributed by atoms with Gasteiger partial charge in [-0.15, -0.1) is 0 Å². The molecule has 2 aromatic rings. The predicted octanol–water partition coefficient (Wildman–Crippen LogP) is 0.480. The van der Waals surface area contributed by atoms with E-state index in [0.717, 1.165) is 0 Å². The molecule has 0 radical (unpaired) electrons. The van der Waals surface area contributed by atoms with Gasteiger partial charge in [0.15, 0.2) is 5.78 Å². The molecule has 5 N–H and O–H groups in total. The molecule has 1 aliphatic rings. The lowest BCUT2D eigenvalue weighted by atomic mass is 9.89. The molecule has 0 bridgehead atoms. The second-order valence-electron chi connectivity index (χ2n) is 7.46. The molecule has 30 heavy (non-hydrogen) atoms. The number of benzene rings is 2. The average Bonchev–Trinajstić information content (AvgIpc) is 2.76. The van der Waals surface area contributed by atoms with E-state index in [4.69, 9.17) is 9.47 Å². The van der Waals surface area contributed by atoms with E-state index >= 15 is 0 Å². The van der Waals surface area contributed by atoms with Gasteiger partial charge in [-0.25, -0.2) is 0 Å². The minimum atomic E-state index is -1.45. The first-order valence-corrected chi connectivity index (χ1v) is 9.69. The van der Waals surface area contributed by atoms with Crippen LogP contribution in [0, 0.1) is 5.92 Å². The van der Waals surface area contributed by atoms with Crippen molar-refractivity contribution in [1.82, 2.24) is 0 Å². The standard InChI is InChI=1S/C22H26O8/c1-12(22-21(28)20(27)19(26)17(10-23)30-22)11-29-14-7-8-15(16(24)9-14)18(25)13-5-3-2-4-6-13/h2-9,12,17,19-24,26-28H,10-11H2,1H3/t12?,17-,19-,20+,21-,22+/m1/s1. The summed E-state index contributed by atoms with van der Waals surface area (Å²) in [5.41, 5.74) is 0.605. The van der Waals surface area contributed by atoms with E-state index in [1.165, 1.54) is 12.1 Å². The number of hydrogen-bond donors (Lipinski definition) is 5. The van der Waals surface area contributed by atoms with Crippen LogP contribution in [0.25, 0.3) is 0 Å². The molecular formula is C22H26O8. The molecule has 0 aromatic heterocycles. The minimum absolute atomic E-state index is 0.0636. The highest BCUT2D eigenvalue weighted by atomic mass is 16.5. The molecular weight excluding hydrogens is 392 g/mol. The number of aromatic hydroxyl groups is 1. The molecule has 1 saturated heterocycles. The summed E-state index contributed by atoms with van der Waals surface area (Å²) in [6.45, 7) is 1.29. The summed E-state index contributed by atoms with van der Waals surface area (Å²) in [6.07, 6.45) is -6.06. The number of rotatable bonds is 7. The van der Waals surface area contributed by atoms with Crippen molar-refractivity contribution in [3.63, 3.8) is 0 Å². The van der Waals surface area contributed by atoms with Crippen molar-refractivity contribution in [3.8, 4) is 11.5 Å². The number of carbonyl (C=O) groups excluding carboxylic acids is 1. The Kier molecular flexibility index (Phi) is 7.06. The molecule has 0 saturated carbocycles. The summed E-state index contributed by atoms with van der Waals surface area (Å²) >= 11 is 0. The lowest BCUT2D eigenvalue weighted by Crippen LogP contribution is -2.60. The highest BCUT2D eigenvalue weighted by Crippen LogP contribution is 2.29. The van der Waals surface area contributed by atoms with Crippen LogP contribution in [-0.4, -0.2) is 75.0 Å². The quantitative estimate of drug-likeness (QED) is 0.410. The number of phenolic OH excluding ortho intramolecular Hbond substituents is 1. The Morgan fingerprint density at radius 2 is 1.77 bits per heavy atom. The molecule has 6 atom stereocenters. The van der Waals surface area contributed by atoms with Crippen LogP contribution in [0.4, 0.5) is 0 Å². The third-order valence-electron chi connectivity index (χ3n) is 5.25. The number of phenols is 1. The summed E-state index contributed by atoms with van der Waals surface area (Å²) in [5.74, 6) is -0.631. The molecule has 0 aliphatic carbocycles. The predicted molar refractivity (Wildman–Crippen MR) is 106 cm³/mol. The van der Waals surface area contributed by atoms with Crippen LogP contribution >= 0.6 is 0 Å². The van der Waals surface area contributed by atoms with Crippen LogP contribution in [0.15, 0.2) is 48.5 Å². The molecule has 1 aliphatic heterocycles. The summed E-state index contributed by atoms with van der Waals surface area (Å²) in [4.78, 5) is 12.5. The summed E-state index contributed by atoms with van der Waals surface area (Å²) < 4.78 is 11.2. The normalized spacial score (nSPS) is 27.4. The Balaban J connectivity index is 1.64. The second-order valence-corrected chi connectivity index (χ2v) is 7.46. The van der Waals surface area contributed by atoms with Crippen molar-refractivity contribution in [2.75, 3.05) is 13.2 Å². The number of ketones is 1. The maximum Gasteiger partial charge on any atom is 0.196 e. The maximum atomic E-state index is 12.5. The van der Waals surface area contributed by atoms with Crippen LogP contribution in [0.1, 0.15) is 22.8 Å². The molecule has 1 fully saturated rings. The first-order valence-electron chi connectivity index (χ1n) is 9.69. The number of aliphatic hydroxyl groups is 4. The van der Waals surface area contributed by atoms with Crippen LogP contribution < -0.4 is 4.74 Å². The molecule has 3 rings (SSSR count). The van der Waals surface area contributed by atoms with Crippen LogP contribution in [0.5, 0.6) is 11.5 Å². The van der Waals surface area contributed by atoms with E-state index < -0.39 is 43.0 Å². The first kappa shape index (κ1) is 22.2. The zero-order valence-corrected chi connectivity index (χ0v) is 16.5. The van der Waals surface area contributed by atoms with Crippen molar-refractivity contribution in [2.24, 2.45) is 5.92 Å². The van der Waals surface area contributed by atoms with Gasteiger partial charge >= 0.3 is 0 Å². The van der Waals surface area contributed by atoms with Gasteiger partial charge in [0.2, 0.25) is 0 Å². The third-order valence-corrected chi connectivity index (χ3v) is 5.25. The lowest BCUT2D eigenvalue weighted by molar-refractivity contribution is -0.241. The van der Waals surface area contributed by atoms with Gasteiger partial charge in [0.1, 0.15) is 35.9 Å². The van der Waals surface area contributed by atoms with E-state index in [2.05, 4.69) is 0 Å². The van der Waals surface area contributed by atoms with Gasteiger partial charge in [0.05, 0.1) is 24.9 Å². The van der Waals surface area contributed by atoms with Crippen molar-refractivity contribution in [3.05, 3.63) is 59.7 Å². The van der Waals surface area contributed by atoms with Crippen LogP contribution in [0.3, 0.4) is 0 Å². The largest absolute Gasteiger partial charge is 0.507 e. The van der Waals surface area contributed by atoms with Crippen molar-refractivity contribution in [1.29, 1.82) is 0 Å². The fourth-order valence-electron chi connectivity index (χ4n) is 3.46. The summed E-state index contributed by atoms with van der Waals surface area (Å²) in [5, 5.41) is 49.5. The lowest BCUT2D eigenvalue weighted by Gasteiger charge is -2.42. The number of aliphatic hydroxyl groups excluding tert-OH is 4. The zero-order chi connectivity index (χ0) is 21.8. The highest BCUT2D eigenvalue weighted by molar-refractivity contribution is 6.10. The minimum Gasteiger partial charge on any atom is -0.507 e. The Labute approximate surface area is 173 Å². The Morgan fingerprint density at radius 3 is 2.40 bits per heavy atom. The highest BCUT2D eigenvalue weighted by Gasteiger charge is 2.45. The van der Waals surface area contributed by atoms with Crippen molar-refractivity contribution >= 4 is 5.78 Å². The Morgan fingerprint density at radius 1 is 1.07 bits per heavy atom. The van der Waals surface area contributed by atoms with Gasteiger partial charge < -0.3 is 35.0 Å². The average molecular weight is 418 g/mol. The summed E-state index contributed by atoms with van der Waals surface area (Å²) in [7, 11) is 0. The van der Waals surface area contributed by atoms with E-state index in [0.29, 0.717) is 11.3 Å². The molecule has 2 aromatic carbocycles. The molecule has 1 unspecified atom stereocenters. The number of hydrogen-bond acceptors (Lipinski definition) is 8. The SMILES string of the molecule is CC(COc1ccc(C(=O)c2ccccc2)c(O)c1)[C@@H]1O[C@H](CO)[C@@H](O)[C@H](O)[C@H]1O. The maximum absolute atomic E-state index is 12.5. The van der Waals surface area contributed by atoms with Crippen LogP contribution in [0.2, 0.25) is 0 Å². The molecule has 8 heteroatoms. The molecule has 162 valence electrons.